The van der Waals surface area contributed by atoms with Crippen LogP contribution in [0.4, 0.5) is 0 Å². The molecule has 1 aromatic heterocycles. The molecule has 1 N–H and O–H groups in total. The van der Waals surface area contributed by atoms with Crippen LogP contribution in [0, 0.1) is 12.8 Å². The maximum Gasteiger partial charge on any atom is 0.194 e. The molecule has 8 heteroatoms. The molecule has 1 saturated carbocycles. The highest BCUT2D eigenvalue weighted by molar-refractivity contribution is 14.0. The fourth-order valence-electron chi connectivity index (χ4n) is 3.50. The number of nitrogens with one attached hydrogen (secondary N) is 1. The lowest BCUT2D eigenvalue weighted by molar-refractivity contribution is 0.373. The normalized spacial score (nSPS) is 22.0. The highest BCUT2D eigenvalue weighted by Crippen LogP contribution is 2.25. The monoisotopic (exact) mass is 492 g/mol. The van der Waals surface area contributed by atoms with Gasteiger partial charge in [-0.2, -0.15) is 11.8 Å². The number of aliphatic imine (C=N–C) groups is 1. The average Bonchev–Trinajstić information content (AvgIpc) is 3.23. The van der Waals surface area contributed by atoms with Crippen LogP contribution >= 0.6 is 35.7 Å². The van der Waals surface area contributed by atoms with Gasteiger partial charge in [0, 0.05) is 37.2 Å². The Morgan fingerprint density at radius 3 is 2.65 bits per heavy atom. The maximum atomic E-state index is 4.95. The van der Waals surface area contributed by atoms with Crippen molar-refractivity contribution in [3.63, 3.8) is 0 Å². The summed E-state index contributed by atoms with van der Waals surface area (Å²) in [5.74, 6) is 4.80. The van der Waals surface area contributed by atoms with Gasteiger partial charge in [-0.15, -0.1) is 34.2 Å². The van der Waals surface area contributed by atoms with Gasteiger partial charge in [-0.1, -0.05) is 26.7 Å². The zero-order valence-corrected chi connectivity index (χ0v) is 19.6. The average molecular weight is 492 g/mol. The van der Waals surface area contributed by atoms with Crippen molar-refractivity contribution in [3.05, 3.63) is 11.6 Å². The molecule has 6 nitrogen and oxygen atoms in total. The third-order valence-corrected chi connectivity index (χ3v) is 6.92. The predicted octanol–water partition coefficient (Wildman–Crippen LogP) is 3.20. The first kappa shape index (κ1) is 21.8. The largest absolute Gasteiger partial charge is 0.353 e. The summed E-state index contributed by atoms with van der Waals surface area (Å²) >= 11 is 2.10. The van der Waals surface area contributed by atoms with Crippen LogP contribution in [0.25, 0.3) is 0 Å². The molecular weight excluding hydrogens is 459 g/mol. The third-order valence-electron chi connectivity index (χ3n) is 5.38. The van der Waals surface area contributed by atoms with E-state index in [2.05, 4.69) is 46.0 Å². The number of aromatic nitrogens is 3. The van der Waals surface area contributed by atoms with E-state index in [0.29, 0.717) is 23.8 Å². The predicted molar refractivity (Wildman–Crippen MR) is 120 cm³/mol. The van der Waals surface area contributed by atoms with Crippen molar-refractivity contribution < 1.29 is 0 Å². The lowest BCUT2D eigenvalue weighted by Crippen LogP contribution is -2.51. The molecular formula is C18H33IN6S. The van der Waals surface area contributed by atoms with Crippen molar-refractivity contribution in [2.24, 2.45) is 18.0 Å². The van der Waals surface area contributed by atoms with Crippen LogP contribution in [0.3, 0.4) is 0 Å². The SMILES string of the molecule is Cc1nnc(CN=C(NC2CCCC2)N2CCSC(C(C)C)C2)n1C.I. The molecule has 0 amide bonds. The number of thioether (sulfide) groups is 1. The Hall–Kier alpha value is -0.510. The summed E-state index contributed by atoms with van der Waals surface area (Å²) in [6.07, 6.45) is 5.19. The summed E-state index contributed by atoms with van der Waals surface area (Å²) < 4.78 is 2.03. The van der Waals surface area contributed by atoms with Crippen LogP contribution < -0.4 is 5.32 Å². The molecule has 1 atom stereocenters. The molecule has 26 heavy (non-hydrogen) atoms. The Labute approximate surface area is 179 Å². The fourth-order valence-corrected chi connectivity index (χ4v) is 4.79. The van der Waals surface area contributed by atoms with Gasteiger partial charge in [0.05, 0.1) is 0 Å². The van der Waals surface area contributed by atoms with Crippen LogP contribution in [0.5, 0.6) is 0 Å². The topological polar surface area (TPSA) is 58.3 Å². The Morgan fingerprint density at radius 1 is 1.31 bits per heavy atom. The summed E-state index contributed by atoms with van der Waals surface area (Å²) in [6, 6.07) is 0.576. The number of aryl methyl sites for hydroxylation is 1. The van der Waals surface area contributed by atoms with E-state index < -0.39 is 0 Å². The first-order valence-electron chi connectivity index (χ1n) is 9.57. The molecule has 1 unspecified atom stereocenters. The molecule has 1 aromatic rings. The summed E-state index contributed by atoms with van der Waals surface area (Å²) in [5, 5.41) is 12.8. The van der Waals surface area contributed by atoms with Crippen molar-refractivity contribution in [2.45, 2.75) is 64.3 Å². The second kappa shape index (κ2) is 10.1. The zero-order valence-electron chi connectivity index (χ0n) is 16.4. The Kier molecular flexibility index (Phi) is 8.50. The van der Waals surface area contributed by atoms with Crippen molar-refractivity contribution in [3.8, 4) is 0 Å². The van der Waals surface area contributed by atoms with E-state index in [1.54, 1.807) is 0 Å². The summed E-state index contributed by atoms with van der Waals surface area (Å²) in [6.45, 7) is 9.37. The van der Waals surface area contributed by atoms with Crippen molar-refractivity contribution in [1.29, 1.82) is 0 Å². The van der Waals surface area contributed by atoms with Gasteiger partial charge < -0.3 is 14.8 Å². The molecule has 1 aliphatic carbocycles. The number of hydrogen-bond donors (Lipinski definition) is 1. The summed E-state index contributed by atoms with van der Waals surface area (Å²) in [5.41, 5.74) is 0. The van der Waals surface area contributed by atoms with Gasteiger partial charge in [0.1, 0.15) is 12.4 Å². The fraction of sp³-hybridized carbons (Fsp3) is 0.833. The van der Waals surface area contributed by atoms with E-state index in [-0.39, 0.29) is 24.0 Å². The molecule has 0 bridgehead atoms. The van der Waals surface area contributed by atoms with E-state index >= 15 is 0 Å². The smallest absolute Gasteiger partial charge is 0.194 e. The molecule has 2 aliphatic rings. The lowest BCUT2D eigenvalue weighted by Gasteiger charge is -2.37. The highest BCUT2D eigenvalue weighted by atomic mass is 127. The molecule has 148 valence electrons. The number of rotatable bonds is 4. The van der Waals surface area contributed by atoms with Crippen LogP contribution in [-0.4, -0.2) is 55.8 Å². The van der Waals surface area contributed by atoms with Crippen LogP contribution in [-0.2, 0) is 13.6 Å². The van der Waals surface area contributed by atoms with Gasteiger partial charge in [-0.05, 0) is 25.7 Å². The van der Waals surface area contributed by atoms with E-state index in [0.717, 1.165) is 30.7 Å². The Balaban J connectivity index is 0.00000243. The molecule has 2 heterocycles. The van der Waals surface area contributed by atoms with E-state index in [9.17, 15) is 0 Å². The summed E-state index contributed by atoms with van der Waals surface area (Å²) in [7, 11) is 2.01. The highest BCUT2D eigenvalue weighted by Gasteiger charge is 2.27. The van der Waals surface area contributed by atoms with Gasteiger partial charge in [-0.25, -0.2) is 4.99 Å². The van der Waals surface area contributed by atoms with Crippen LogP contribution in [0.15, 0.2) is 4.99 Å². The summed E-state index contributed by atoms with van der Waals surface area (Å²) in [4.78, 5) is 7.41. The first-order chi connectivity index (χ1) is 12.0. The minimum Gasteiger partial charge on any atom is -0.353 e. The number of halogens is 1. The molecule has 0 aromatic carbocycles. The number of hydrogen-bond acceptors (Lipinski definition) is 4. The van der Waals surface area contributed by atoms with Crippen molar-refractivity contribution in [2.75, 3.05) is 18.8 Å². The van der Waals surface area contributed by atoms with Gasteiger partial charge in [0.2, 0.25) is 0 Å². The minimum atomic E-state index is 0. The van der Waals surface area contributed by atoms with Crippen LogP contribution in [0.2, 0.25) is 0 Å². The minimum absolute atomic E-state index is 0. The maximum absolute atomic E-state index is 4.95. The van der Waals surface area contributed by atoms with Gasteiger partial charge in [0.15, 0.2) is 11.8 Å². The molecule has 2 fully saturated rings. The molecule has 1 saturated heterocycles. The van der Waals surface area contributed by atoms with Gasteiger partial charge >= 0.3 is 0 Å². The standard InChI is InChI=1S/C18H32N6S.HI/c1-13(2)16-12-24(9-10-25-16)18(20-15-7-5-6-8-15)19-11-17-22-21-14(3)23(17)4;/h13,15-16H,5-12H2,1-4H3,(H,19,20);1H. The Bertz CT molecular complexity index is 597. The second-order valence-electron chi connectivity index (χ2n) is 7.59. The second-order valence-corrected chi connectivity index (χ2v) is 8.93. The Morgan fingerprint density at radius 2 is 2.04 bits per heavy atom. The molecule has 1 aliphatic heterocycles. The van der Waals surface area contributed by atoms with E-state index in [4.69, 9.17) is 4.99 Å². The quantitative estimate of drug-likeness (QED) is 0.398. The van der Waals surface area contributed by atoms with Crippen LogP contribution in [0.1, 0.15) is 51.2 Å². The zero-order chi connectivity index (χ0) is 17.8. The lowest BCUT2D eigenvalue weighted by atomic mass is 10.1. The van der Waals surface area contributed by atoms with Gasteiger partial charge in [-0.3, -0.25) is 0 Å². The van der Waals surface area contributed by atoms with E-state index in [1.165, 1.54) is 31.4 Å². The van der Waals surface area contributed by atoms with E-state index in [1.807, 2.05) is 18.5 Å². The number of nitrogens with zero attached hydrogens (tertiary/aromatic N) is 5. The third kappa shape index (κ3) is 5.50. The van der Waals surface area contributed by atoms with Gasteiger partial charge in [0.25, 0.3) is 0 Å². The van der Waals surface area contributed by atoms with Crippen molar-refractivity contribution >= 4 is 41.7 Å². The molecule has 3 rings (SSSR count). The first-order valence-corrected chi connectivity index (χ1v) is 10.6. The molecule has 0 radical (unpaired) electrons. The van der Waals surface area contributed by atoms with Crippen molar-refractivity contribution in [1.82, 2.24) is 25.0 Å². The molecule has 0 spiro atoms. The number of guanidine groups is 1.